The summed E-state index contributed by atoms with van der Waals surface area (Å²) in [7, 11) is 2.58. The van der Waals surface area contributed by atoms with Crippen molar-refractivity contribution < 1.29 is 28.5 Å². The quantitative estimate of drug-likeness (QED) is 0.473. The lowest BCUT2D eigenvalue weighted by Crippen LogP contribution is -2.26. The van der Waals surface area contributed by atoms with Crippen molar-refractivity contribution >= 4 is 12.2 Å². The van der Waals surface area contributed by atoms with E-state index in [0.29, 0.717) is 26.3 Å². The van der Waals surface area contributed by atoms with Gasteiger partial charge in [0.2, 0.25) is 0 Å². The molecule has 22 heavy (non-hydrogen) atoms. The second-order valence-electron chi connectivity index (χ2n) is 3.55. The maximum absolute atomic E-state index is 10.7. The highest BCUT2D eigenvalue weighted by Crippen LogP contribution is 1.75. The van der Waals surface area contributed by atoms with Gasteiger partial charge in [-0.1, -0.05) is 11.8 Å². The Bertz CT molecular complexity index is 402. The molecular weight excluding hydrogens is 292 g/mol. The van der Waals surface area contributed by atoms with Gasteiger partial charge in [-0.05, 0) is 11.8 Å². The van der Waals surface area contributed by atoms with Crippen molar-refractivity contribution in [3.63, 3.8) is 0 Å². The number of carbonyl (C=O) groups excluding carboxylic acids is 2. The van der Waals surface area contributed by atoms with Crippen molar-refractivity contribution in [3.8, 4) is 23.7 Å². The predicted octanol–water partition coefficient (Wildman–Crippen LogP) is -0.262. The van der Waals surface area contributed by atoms with E-state index >= 15 is 0 Å². The number of hydrogen-bond donors (Lipinski definition) is 2. The lowest BCUT2D eigenvalue weighted by Gasteiger charge is -2.02. The van der Waals surface area contributed by atoms with Crippen LogP contribution in [-0.2, 0) is 18.9 Å². The lowest BCUT2D eigenvalue weighted by molar-refractivity contribution is 0.149. The summed E-state index contributed by atoms with van der Waals surface area (Å²) >= 11 is 0. The number of ether oxygens (including phenoxy) is 4. The van der Waals surface area contributed by atoms with Crippen molar-refractivity contribution in [2.24, 2.45) is 0 Å². The molecule has 0 radical (unpaired) electrons. The molecule has 8 heteroatoms. The fourth-order valence-corrected chi connectivity index (χ4v) is 1.00. The smallest absolute Gasteiger partial charge is 0.406 e. The zero-order valence-corrected chi connectivity index (χ0v) is 12.7. The topological polar surface area (TPSA) is 95.1 Å². The highest BCUT2D eigenvalue weighted by Gasteiger charge is 1.95. The van der Waals surface area contributed by atoms with Gasteiger partial charge in [0, 0.05) is 13.1 Å². The molecule has 2 amide bonds. The number of rotatable bonds is 8. The van der Waals surface area contributed by atoms with E-state index < -0.39 is 12.2 Å². The van der Waals surface area contributed by atoms with E-state index in [9.17, 15) is 9.59 Å². The van der Waals surface area contributed by atoms with Gasteiger partial charge in [-0.3, -0.25) is 0 Å². The van der Waals surface area contributed by atoms with Crippen molar-refractivity contribution in [3.05, 3.63) is 0 Å². The van der Waals surface area contributed by atoms with Crippen molar-refractivity contribution in [1.29, 1.82) is 0 Å². The van der Waals surface area contributed by atoms with Gasteiger partial charge in [-0.2, -0.15) is 0 Å². The van der Waals surface area contributed by atoms with E-state index in [1.54, 1.807) is 0 Å². The van der Waals surface area contributed by atoms with Gasteiger partial charge < -0.3 is 29.6 Å². The molecule has 0 atom stereocenters. The van der Waals surface area contributed by atoms with Crippen LogP contribution >= 0.6 is 0 Å². The molecule has 2 N–H and O–H groups in total. The third-order valence-corrected chi connectivity index (χ3v) is 1.99. The summed E-state index contributed by atoms with van der Waals surface area (Å²) in [4.78, 5) is 21.4. The molecule has 0 rings (SSSR count). The van der Waals surface area contributed by atoms with E-state index in [4.69, 9.17) is 9.47 Å². The third kappa shape index (κ3) is 14.0. The molecule has 0 aromatic carbocycles. The van der Waals surface area contributed by atoms with E-state index in [0.717, 1.165) is 0 Å². The summed E-state index contributed by atoms with van der Waals surface area (Å²) < 4.78 is 19.0. The largest absolute Gasteiger partial charge is 0.453 e. The number of hydrogen-bond acceptors (Lipinski definition) is 6. The Labute approximate surface area is 129 Å². The Balaban J connectivity index is 3.41. The molecule has 122 valence electrons. The Hall–Kier alpha value is -2.42. The molecular formula is C14H20N2O6. The first-order chi connectivity index (χ1) is 10.7. The highest BCUT2D eigenvalue weighted by molar-refractivity contribution is 5.67. The Morgan fingerprint density at radius 2 is 1.23 bits per heavy atom. The highest BCUT2D eigenvalue weighted by atomic mass is 16.5. The standard InChI is InChI=1S/C14H20N2O6/c1-19-13(17)15-7-11-21-9-5-3-4-6-10-22-12-8-16-14(18)20-2/h7-12H2,1-2H3,(H,15,17)(H,16,18). The maximum Gasteiger partial charge on any atom is 0.406 e. The zero-order chi connectivity index (χ0) is 16.5. The third-order valence-electron chi connectivity index (χ3n) is 1.99. The van der Waals surface area contributed by atoms with Gasteiger partial charge in [0.05, 0.1) is 27.4 Å². The second kappa shape index (κ2) is 15.0. The van der Waals surface area contributed by atoms with Gasteiger partial charge in [-0.15, -0.1) is 0 Å². The minimum Gasteiger partial charge on any atom is -0.453 e. The number of carbonyl (C=O) groups is 2. The van der Waals surface area contributed by atoms with Crippen molar-refractivity contribution in [2.75, 3.05) is 53.7 Å². The summed E-state index contributed by atoms with van der Waals surface area (Å²) in [5.74, 6) is 10.6. The fraction of sp³-hybridized carbons (Fsp3) is 0.571. The van der Waals surface area contributed by atoms with Crippen LogP contribution in [0.15, 0.2) is 0 Å². The Morgan fingerprint density at radius 1 is 0.818 bits per heavy atom. The van der Waals surface area contributed by atoms with E-state index in [1.807, 2.05) is 0 Å². The zero-order valence-electron chi connectivity index (χ0n) is 12.7. The molecule has 0 fully saturated rings. The summed E-state index contributed by atoms with van der Waals surface area (Å²) in [5, 5.41) is 4.93. The van der Waals surface area contributed by atoms with Gasteiger partial charge in [-0.25, -0.2) is 9.59 Å². The van der Waals surface area contributed by atoms with Crippen LogP contribution in [0.3, 0.4) is 0 Å². The molecule has 0 aliphatic rings. The first-order valence-corrected chi connectivity index (χ1v) is 6.45. The van der Waals surface area contributed by atoms with Crippen LogP contribution in [0, 0.1) is 23.7 Å². The van der Waals surface area contributed by atoms with Crippen molar-refractivity contribution in [2.45, 2.75) is 0 Å². The molecule has 0 aromatic rings. The van der Waals surface area contributed by atoms with Crippen LogP contribution in [-0.4, -0.2) is 65.9 Å². The first kappa shape index (κ1) is 19.6. The minimum absolute atomic E-state index is 0.224. The number of nitrogens with one attached hydrogen (secondary N) is 2. The fourth-order valence-electron chi connectivity index (χ4n) is 1.00. The van der Waals surface area contributed by atoms with Crippen LogP contribution in [0.25, 0.3) is 0 Å². The summed E-state index contributed by atoms with van der Waals surface area (Å²) in [6.07, 6.45) is -0.996. The van der Waals surface area contributed by atoms with Crippen LogP contribution in [0.4, 0.5) is 9.59 Å². The normalized spacial score (nSPS) is 8.64. The van der Waals surface area contributed by atoms with Crippen LogP contribution in [0.1, 0.15) is 0 Å². The van der Waals surface area contributed by atoms with E-state index in [1.165, 1.54) is 14.2 Å². The minimum atomic E-state index is -0.498. The summed E-state index contributed by atoms with van der Waals surface area (Å²) in [6, 6.07) is 0. The maximum atomic E-state index is 10.7. The SMILES string of the molecule is COC(=O)NCCOCC#CC#CCOCCNC(=O)OC. The lowest BCUT2D eigenvalue weighted by atomic mass is 10.5. The number of alkyl carbamates (subject to hydrolysis) is 2. The molecule has 0 aliphatic heterocycles. The van der Waals surface area contributed by atoms with Crippen LogP contribution < -0.4 is 10.6 Å². The van der Waals surface area contributed by atoms with Gasteiger partial charge in [0.15, 0.2) is 0 Å². The average Bonchev–Trinajstić information content (AvgIpc) is 2.54. The average molecular weight is 312 g/mol. The van der Waals surface area contributed by atoms with Gasteiger partial charge in [0.1, 0.15) is 13.2 Å². The van der Waals surface area contributed by atoms with Gasteiger partial charge in [0.25, 0.3) is 0 Å². The molecule has 8 nitrogen and oxygen atoms in total. The molecule has 0 bridgehead atoms. The molecule has 0 unspecified atom stereocenters. The molecule has 0 saturated heterocycles. The Kier molecular flexibility index (Phi) is 13.3. The first-order valence-electron chi connectivity index (χ1n) is 6.45. The summed E-state index contributed by atoms with van der Waals surface area (Å²) in [6.45, 7) is 1.84. The van der Waals surface area contributed by atoms with E-state index in [-0.39, 0.29) is 13.2 Å². The van der Waals surface area contributed by atoms with Gasteiger partial charge >= 0.3 is 12.2 Å². The Morgan fingerprint density at radius 3 is 1.59 bits per heavy atom. The number of amides is 2. The number of methoxy groups -OCH3 is 2. The van der Waals surface area contributed by atoms with Crippen LogP contribution in [0.5, 0.6) is 0 Å². The molecule has 0 saturated carbocycles. The molecule has 0 spiro atoms. The molecule has 0 aliphatic carbocycles. The van der Waals surface area contributed by atoms with Crippen LogP contribution in [0.2, 0.25) is 0 Å². The second-order valence-corrected chi connectivity index (χ2v) is 3.55. The predicted molar refractivity (Wildman–Crippen MR) is 78.0 cm³/mol. The van der Waals surface area contributed by atoms with E-state index in [2.05, 4.69) is 43.8 Å². The monoisotopic (exact) mass is 312 g/mol. The molecule has 0 aromatic heterocycles. The van der Waals surface area contributed by atoms with Crippen molar-refractivity contribution in [1.82, 2.24) is 10.6 Å². The summed E-state index contributed by atoms with van der Waals surface area (Å²) in [5.41, 5.74) is 0. The molecule has 0 heterocycles.